The van der Waals surface area contributed by atoms with Crippen LogP contribution in [0.3, 0.4) is 0 Å². The first-order valence-electron chi connectivity index (χ1n) is 12.4. The SMILES string of the molecule is CCNC(=O)C(CC)N(CCc1ccccc1)C(=O)CCCN(c1ccc(CC)cc1)S(C)(=O)=O. The van der Waals surface area contributed by atoms with Crippen LogP contribution in [0.25, 0.3) is 0 Å². The Morgan fingerprint density at radius 3 is 2.11 bits per heavy atom. The molecule has 0 saturated carbocycles. The topological polar surface area (TPSA) is 86.8 Å². The molecule has 0 aliphatic carbocycles. The molecule has 0 heterocycles. The Kier molecular flexibility index (Phi) is 11.2. The maximum atomic E-state index is 13.3. The van der Waals surface area contributed by atoms with Crippen molar-refractivity contribution in [1.82, 2.24) is 10.2 Å². The summed E-state index contributed by atoms with van der Waals surface area (Å²) in [5.41, 5.74) is 2.81. The number of hydrogen-bond acceptors (Lipinski definition) is 4. The van der Waals surface area contributed by atoms with Gasteiger partial charge in [-0.2, -0.15) is 0 Å². The Bertz CT molecular complexity index is 1040. The van der Waals surface area contributed by atoms with E-state index in [4.69, 9.17) is 0 Å². The van der Waals surface area contributed by atoms with Crippen LogP contribution in [-0.4, -0.2) is 57.1 Å². The molecule has 2 aromatic carbocycles. The molecule has 0 bridgehead atoms. The summed E-state index contributed by atoms with van der Waals surface area (Å²) in [4.78, 5) is 27.6. The molecule has 1 atom stereocenters. The number of amides is 2. The van der Waals surface area contributed by atoms with E-state index < -0.39 is 16.1 Å². The van der Waals surface area contributed by atoms with Crippen molar-refractivity contribution in [2.45, 2.75) is 58.9 Å². The molecule has 0 saturated heterocycles. The molecule has 2 rings (SSSR count). The van der Waals surface area contributed by atoms with Gasteiger partial charge in [0.05, 0.1) is 11.9 Å². The number of sulfonamides is 1. The van der Waals surface area contributed by atoms with Crippen molar-refractivity contribution in [1.29, 1.82) is 0 Å². The van der Waals surface area contributed by atoms with E-state index >= 15 is 0 Å². The summed E-state index contributed by atoms with van der Waals surface area (Å²) in [5, 5.41) is 2.83. The Morgan fingerprint density at radius 2 is 1.57 bits per heavy atom. The molecular weight excluding hydrogens is 462 g/mol. The second-order valence-corrected chi connectivity index (χ2v) is 10.5. The molecule has 0 fully saturated rings. The van der Waals surface area contributed by atoms with E-state index in [1.807, 2.05) is 63.2 Å². The fraction of sp³-hybridized carbons (Fsp3) is 0.481. The highest BCUT2D eigenvalue weighted by Gasteiger charge is 2.28. The molecule has 0 aromatic heterocycles. The minimum Gasteiger partial charge on any atom is -0.355 e. The molecule has 0 aliphatic heterocycles. The third-order valence-corrected chi connectivity index (χ3v) is 7.20. The van der Waals surface area contributed by atoms with Gasteiger partial charge in [0.1, 0.15) is 6.04 Å². The van der Waals surface area contributed by atoms with E-state index in [1.165, 1.54) is 10.6 Å². The van der Waals surface area contributed by atoms with E-state index in [0.717, 1.165) is 17.5 Å². The van der Waals surface area contributed by atoms with Gasteiger partial charge in [-0.25, -0.2) is 8.42 Å². The van der Waals surface area contributed by atoms with Crippen molar-refractivity contribution < 1.29 is 18.0 Å². The molecule has 1 N–H and O–H groups in total. The fourth-order valence-corrected chi connectivity index (χ4v) is 5.06. The molecule has 192 valence electrons. The first-order valence-corrected chi connectivity index (χ1v) is 14.2. The smallest absolute Gasteiger partial charge is 0.242 e. The summed E-state index contributed by atoms with van der Waals surface area (Å²) in [7, 11) is -3.50. The number of carbonyl (C=O) groups excluding carboxylic acids is 2. The van der Waals surface area contributed by atoms with Crippen molar-refractivity contribution in [3.05, 3.63) is 65.7 Å². The van der Waals surface area contributed by atoms with E-state index in [1.54, 1.807) is 17.0 Å². The zero-order valence-electron chi connectivity index (χ0n) is 21.4. The lowest BCUT2D eigenvalue weighted by atomic mass is 10.1. The molecule has 0 spiro atoms. The average Bonchev–Trinajstić information content (AvgIpc) is 2.84. The highest BCUT2D eigenvalue weighted by molar-refractivity contribution is 7.92. The first-order chi connectivity index (χ1) is 16.7. The third kappa shape index (κ3) is 8.69. The quantitative estimate of drug-likeness (QED) is 0.427. The van der Waals surface area contributed by atoms with Crippen molar-refractivity contribution in [2.24, 2.45) is 0 Å². The Morgan fingerprint density at radius 1 is 0.914 bits per heavy atom. The van der Waals surface area contributed by atoms with E-state index in [-0.39, 0.29) is 24.8 Å². The lowest BCUT2D eigenvalue weighted by molar-refractivity contribution is -0.140. The van der Waals surface area contributed by atoms with Gasteiger partial charge in [-0.1, -0.05) is 56.3 Å². The second-order valence-electron chi connectivity index (χ2n) is 8.60. The number of carbonyl (C=O) groups is 2. The van der Waals surface area contributed by atoms with Gasteiger partial charge < -0.3 is 10.2 Å². The van der Waals surface area contributed by atoms with Crippen molar-refractivity contribution in [2.75, 3.05) is 30.2 Å². The summed E-state index contributed by atoms with van der Waals surface area (Å²) >= 11 is 0. The molecule has 0 radical (unpaired) electrons. The van der Waals surface area contributed by atoms with Gasteiger partial charge in [0.25, 0.3) is 0 Å². The minimum atomic E-state index is -3.50. The predicted octanol–water partition coefficient (Wildman–Crippen LogP) is 3.78. The van der Waals surface area contributed by atoms with Crippen LogP contribution in [0.1, 0.15) is 51.2 Å². The zero-order valence-corrected chi connectivity index (χ0v) is 22.2. The van der Waals surface area contributed by atoms with Gasteiger partial charge in [-0.3, -0.25) is 13.9 Å². The van der Waals surface area contributed by atoms with Crippen LogP contribution in [0.5, 0.6) is 0 Å². The second kappa shape index (κ2) is 13.9. The summed E-state index contributed by atoms with van der Waals surface area (Å²) in [5.74, 6) is -0.306. The Hall–Kier alpha value is -2.87. The number of nitrogens with one attached hydrogen (secondary N) is 1. The Labute approximate surface area is 210 Å². The number of nitrogens with zero attached hydrogens (tertiary/aromatic N) is 2. The molecule has 1 unspecified atom stereocenters. The van der Waals surface area contributed by atoms with E-state index in [0.29, 0.717) is 38.0 Å². The van der Waals surface area contributed by atoms with Gasteiger partial charge >= 0.3 is 0 Å². The first kappa shape index (κ1) is 28.4. The van der Waals surface area contributed by atoms with Crippen LogP contribution in [0, 0.1) is 0 Å². The Balaban J connectivity index is 2.13. The third-order valence-electron chi connectivity index (χ3n) is 6.01. The van der Waals surface area contributed by atoms with Crippen LogP contribution >= 0.6 is 0 Å². The van der Waals surface area contributed by atoms with Gasteiger partial charge in [0.2, 0.25) is 21.8 Å². The normalized spacial score (nSPS) is 12.1. The predicted molar refractivity (Wildman–Crippen MR) is 142 cm³/mol. The maximum Gasteiger partial charge on any atom is 0.242 e. The lowest BCUT2D eigenvalue weighted by Gasteiger charge is -2.31. The van der Waals surface area contributed by atoms with Gasteiger partial charge in [-0.05, 0) is 55.9 Å². The molecule has 2 amide bonds. The monoisotopic (exact) mass is 501 g/mol. The summed E-state index contributed by atoms with van der Waals surface area (Å²) in [6.45, 7) is 6.91. The van der Waals surface area contributed by atoms with Gasteiger partial charge in [0.15, 0.2) is 0 Å². The molecular formula is C27H39N3O4S. The lowest BCUT2D eigenvalue weighted by Crippen LogP contribution is -2.50. The number of likely N-dealkylation sites (N-methyl/N-ethyl adjacent to an activating group) is 1. The van der Waals surface area contributed by atoms with E-state index in [2.05, 4.69) is 5.32 Å². The summed E-state index contributed by atoms with van der Waals surface area (Å²) in [6.07, 6.45) is 3.71. The standard InChI is InChI=1S/C27H39N3O4S/c1-5-22-15-17-24(18-16-22)30(35(4,33)34)20-11-14-26(31)29(25(6-2)27(32)28-7-3)21-19-23-12-9-8-10-13-23/h8-10,12-13,15-18,25H,5-7,11,14,19-21H2,1-4H3,(H,28,32). The van der Waals surface area contributed by atoms with Crippen molar-refractivity contribution in [3.63, 3.8) is 0 Å². The van der Waals surface area contributed by atoms with Crippen LogP contribution in [0.4, 0.5) is 5.69 Å². The van der Waals surface area contributed by atoms with Gasteiger partial charge in [0, 0.05) is 26.1 Å². The highest BCUT2D eigenvalue weighted by atomic mass is 32.2. The van der Waals surface area contributed by atoms with E-state index in [9.17, 15) is 18.0 Å². The number of hydrogen-bond donors (Lipinski definition) is 1. The van der Waals surface area contributed by atoms with Crippen LogP contribution in [0.2, 0.25) is 0 Å². The minimum absolute atomic E-state index is 0.145. The maximum absolute atomic E-state index is 13.3. The van der Waals surface area contributed by atoms with Crippen molar-refractivity contribution in [3.8, 4) is 0 Å². The van der Waals surface area contributed by atoms with Crippen LogP contribution in [-0.2, 0) is 32.5 Å². The fourth-order valence-electron chi connectivity index (χ4n) is 4.09. The highest BCUT2D eigenvalue weighted by Crippen LogP contribution is 2.20. The number of rotatable bonds is 14. The number of aryl methyl sites for hydroxylation is 1. The number of benzene rings is 2. The summed E-state index contributed by atoms with van der Waals surface area (Å²) < 4.78 is 26.2. The molecule has 7 nitrogen and oxygen atoms in total. The molecule has 8 heteroatoms. The van der Waals surface area contributed by atoms with Crippen LogP contribution in [0.15, 0.2) is 54.6 Å². The van der Waals surface area contributed by atoms with Crippen LogP contribution < -0.4 is 9.62 Å². The molecule has 2 aromatic rings. The zero-order chi connectivity index (χ0) is 25.8. The molecule has 35 heavy (non-hydrogen) atoms. The number of anilines is 1. The largest absolute Gasteiger partial charge is 0.355 e. The molecule has 0 aliphatic rings. The average molecular weight is 502 g/mol. The van der Waals surface area contributed by atoms with Gasteiger partial charge in [-0.15, -0.1) is 0 Å². The summed E-state index contributed by atoms with van der Waals surface area (Å²) in [6, 6.07) is 16.7. The van der Waals surface area contributed by atoms with Crippen molar-refractivity contribution >= 4 is 27.5 Å².